The summed E-state index contributed by atoms with van der Waals surface area (Å²) in [5, 5.41) is 0. The molecule has 0 unspecified atom stereocenters. The normalized spacial score (nSPS) is 12.8. The van der Waals surface area contributed by atoms with E-state index in [-0.39, 0.29) is 11.9 Å². The first-order valence-corrected chi connectivity index (χ1v) is 18.9. The Hall–Kier alpha value is -1.06. The topological polar surface area (TPSA) is 52.6 Å². The van der Waals surface area contributed by atoms with Gasteiger partial charge in [-0.05, 0) is 50.4 Å². The van der Waals surface area contributed by atoms with E-state index in [1.807, 2.05) is 0 Å². The van der Waals surface area contributed by atoms with Crippen molar-refractivity contribution in [3.05, 3.63) is 0 Å². The summed E-state index contributed by atoms with van der Waals surface area (Å²) in [6, 6.07) is 0. The highest BCUT2D eigenvalue weighted by Crippen LogP contribution is 2.21. The zero-order valence-corrected chi connectivity index (χ0v) is 29.0. The van der Waals surface area contributed by atoms with E-state index in [0.717, 1.165) is 0 Å². The molecule has 0 saturated carbocycles. The maximum absolute atomic E-state index is 12.4. The second-order valence-corrected chi connectivity index (χ2v) is 13.1. The summed E-state index contributed by atoms with van der Waals surface area (Å²) in [7, 11) is 0. The number of carbonyl (C=O) groups is 2. The number of esters is 2. The zero-order chi connectivity index (χ0) is 30.9. The molecule has 4 heteroatoms. The SMILES string of the molecule is CCCCCCCC[C@H](CCCCCC)COC(=O)CCCCC(=O)OC[C@@H](CCCCCC)CCCCCCCC. The molecule has 4 nitrogen and oxygen atoms in total. The molecule has 0 aromatic carbocycles. The van der Waals surface area contributed by atoms with Crippen LogP contribution in [0.1, 0.15) is 207 Å². The Morgan fingerprint density at radius 3 is 0.952 bits per heavy atom. The van der Waals surface area contributed by atoms with Gasteiger partial charge in [0.15, 0.2) is 0 Å². The molecule has 0 N–H and O–H groups in total. The molecule has 0 saturated heterocycles. The maximum atomic E-state index is 12.4. The molecular formula is C38H74O4. The minimum absolute atomic E-state index is 0.101. The first kappa shape index (κ1) is 40.9. The molecule has 0 heterocycles. The Morgan fingerprint density at radius 1 is 0.381 bits per heavy atom. The van der Waals surface area contributed by atoms with E-state index < -0.39 is 0 Å². The maximum Gasteiger partial charge on any atom is 0.305 e. The van der Waals surface area contributed by atoms with Crippen LogP contribution in [0, 0.1) is 11.8 Å². The molecule has 0 aliphatic carbocycles. The van der Waals surface area contributed by atoms with Gasteiger partial charge in [0, 0.05) is 12.8 Å². The van der Waals surface area contributed by atoms with E-state index >= 15 is 0 Å². The van der Waals surface area contributed by atoms with Crippen LogP contribution in [0.5, 0.6) is 0 Å². The summed E-state index contributed by atoms with van der Waals surface area (Å²) >= 11 is 0. The van der Waals surface area contributed by atoms with Gasteiger partial charge in [-0.1, -0.05) is 156 Å². The average Bonchev–Trinajstić information content (AvgIpc) is 2.99. The smallest absolute Gasteiger partial charge is 0.305 e. The fraction of sp³-hybridized carbons (Fsp3) is 0.947. The van der Waals surface area contributed by atoms with Gasteiger partial charge >= 0.3 is 11.9 Å². The van der Waals surface area contributed by atoms with E-state index in [2.05, 4.69) is 27.7 Å². The van der Waals surface area contributed by atoms with Gasteiger partial charge in [-0.2, -0.15) is 0 Å². The van der Waals surface area contributed by atoms with Crippen LogP contribution < -0.4 is 0 Å². The highest BCUT2D eigenvalue weighted by molar-refractivity contribution is 5.70. The largest absolute Gasteiger partial charge is 0.465 e. The second-order valence-electron chi connectivity index (χ2n) is 13.1. The van der Waals surface area contributed by atoms with Crippen molar-refractivity contribution < 1.29 is 19.1 Å². The summed E-state index contributed by atoms with van der Waals surface area (Å²) in [5.41, 5.74) is 0. The Morgan fingerprint density at radius 2 is 0.643 bits per heavy atom. The molecule has 0 aliphatic rings. The van der Waals surface area contributed by atoms with Gasteiger partial charge in [0.05, 0.1) is 13.2 Å². The van der Waals surface area contributed by atoms with Crippen molar-refractivity contribution in [2.75, 3.05) is 13.2 Å². The summed E-state index contributed by atoms with van der Waals surface area (Å²) < 4.78 is 11.4. The predicted octanol–water partition coefficient (Wildman–Crippen LogP) is 12.3. The summed E-state index contributed by atoms with van der Waals surface area (Å²) in [4.78, 5) is 24.8. The summed E-state index contributed by atoms with van der Waals surface area (Å²) in [5.74, 6) is 0.795. The first-order chi connectivity index (χ1) is 20.6. The summed E-state index contributed by atoms with van der Waals surface area (Å²) in [6.07, 6.45) is 32.8. The molecule has 0 spiro atoms. The predicted molar refractivity (Wildman–Crippen MR) is 181 cm³/mol. The van der Waals surface area contributed by atoms with Gasteiger partial charge in [-0.15, -0.1) is 0 Å². The number of hydrogen-bond donors (Lipinski definition) is 0. The van der Waals surface area contributed by atoms with Crippen LogP contribution in [-0.4, -0.2) is 25.2 Å². The van der Waals surface area contributed by atoms with E-state index in [1.54, 1.807) is 0 Å². The van der Waals surface area contributed by atoms with Crippen LogP contribution in [0.3, 0.4) is 0 Å². The third kappa shape index (κ3) is 29.0. The van der Waals surface area contributed by atoms with Crippen LogP contribution in [0.25, 0.3) is 0 Å². The van der Waals surface area contributed by atoms with Crippen molar-refractivity contribution in [3.8, 4) is 0 Å². The molecule has 0 aliphatic heterocycles. The Labute approximate surface area is 263 Å². The number of unbranched alkanes of at least 4 members (excludes halogenated alkanes) is 17. The van der Waals surface area contributed by atoms with Crippen molar-refractivity contribution >= 4 is 11.9 Å². The van der Waals surface area contributed by atoms with Gasteiger partial charge < -0.3 is 9.47 Å². The van der Waals surface area contributed by atoms with E-state index in [1.165, 1.54) is 154 Å². The molecule has 0 amide bonds. The van der Waals surface area contributed by atoms with Crippen molar-refractivity contribution in [1.82, 2.24) is 0 Å². The van der Waals surface area contributed by atoms with Crippen LogP contribution >= 0.6 is 0 Å². The number of rotatable bonds is 33. The van der Waals surface area contributed by atoms with Crippen LogP contribution in [0.4, 0.5) is 0 Å². The third-order valence-corrected chi connectivity index (χ3v) is 8.84. The molecule has 0 rings (SSSR count). The molecule has 0 radical (unpaired) electrons. The quantitative estimate of drug-likeness (QED) is 0.0560. The van der Waals surface area contributed by atoms with Crippen molar-refractivity contribution in [2.24, 2.45) is 11.8 Å². The minimum Gasteiger partial charge on any atom is -0.465 e. The fourth-order valence-electron chi connectivity index (χ4n) is 5.87. The lowest BCUT2D eigenvalue weighted by Crippen LogP contribution is -2.15. The van der Waals surface area contributed by atoms with E-state index in [9.17, 15) is 9.59 Å². The van der Waals surface area contributed by atoms with E-state index in [4.69, 9.17) is 9.47 Å². The molecule has 2 atom stereocenters. The molecule has 0 aromatic rings. The minimum atomic E-state index is -0.101. The van der Waals surface area contributed by atoms with E-state index in [0.29, 0.717) is 50.7 Å². The molecule has 0 bridgehead atoms. The lowest BCUT2D eigenvalue weighted by Gasteiger charge is -2.17. The lowest BCUT2D eigenvalue weighted by atomic mass is 9.95. The highest BCUT2D eigenvalue weighted by atomic mass is 16.5. The van der Waals surface area contributed by atoms with Crippen LogP contribution in [0.15, 0.2) is 0 Å². The fourth-order valence-corrected chi connectivity index (χ4v) is 5.87. The molecular weight excluding hydrogens is 520 g/mol. The zero-order valence-electron chi connectivity index (χ0n) is 29.0. The molecule has 42 heavy (non-hydrogen) atoms. The Kier molecular flexibility index (Phi) is 32.0. The highest BCUT2D eigenvalue weighted by Gasteiger charge is 2.14. The van der Waals surface area contributed by atoms with Gasteiger partial charge in [0.1, 0.15) is 0 Å². The average molecular weight is 595 g/mol. The van der Waals surface area contributed by atoms with Crippen molar-refractivity contribution in [1.29, 1.82) is 0 Å². The standard InChI is InChI=1S/C38H74O4/c1-5-9-13-17-19-23-29-35(27-21-15-11-7-3)33-41-37(39)31-25-26-32-38(40)42-34-36(28-22-16-12-8-4)30-24-20-18-14-10-6-2/h35-36H,5-34H2,1-4H3/t35-,36-/m0/s1. The van der Waals surface area contributed by atoms with Crippen molar-refractivity contribution in [2.45, 2.75) is 207 Å². The first-order valence-electron chi connectivity index (χ1n) is 18.9. The van der Waals surface area contributed by atoms with Gasteiger partial charge in [-0.3, -0.25) is 9.59 Å². The molecule has 0 fully saturated rings. The van der Waals surface area contributed by atoms with Crippen LogP contribution in [-0.2, 0) is 19.1 Å². The molecule has 0 aromatic heterocycles. The van der Waals surface area contributed by atoms with Gasteiger partial charge in [0.25, 0.3) is 0 Å². The van der Waals surface area contributed by atoms with Crippen molar-refractivity contribution in [3.63, 3.8) is 0 Å². The Balaban J connectivity index is 4.22. The van der Waals surface area contributed by atoms with Gasteiger partial charge in [0.2, 0.25) is 0 Å². The number of carbonyl (C=O) groups excluding carboxylic acids is 2. The summed E-state index contributed by atoms with van der Waals surface area (Å²) in [6.45, 7) is 10.2. The second kappa shape index (κ2) is 32.8. The van der Waals surface area contributed by atoms with Gasteiger partial charge in [-0.25, -0.2) is 0 Å². The monoisotopic (exact) mass is 595 g/mol. The number of hydrogen-bond acceptors (Lipinski definition) is 4. The molecule has 250 valence electrons. The lowest BCUT2D eigenvalue weighted by molar-refractivity contribution is -0.147. The Bertz CT molecular complexity index is 525. The van der Waals surface area contributed by atoms with Crippen LogP contribution in [0.2, 0.25) is 0 Å². The number of ether oxygens (including phenoxy) is 2. The third-order valence-electron chi connectivity index (χ3n) is 8.84.